The van der Waals surface area contributed by atoms with Crippen LogP contribution in [0.5, 0.6) is 0 Å². The first-order chi connectivity index (χ1) is 11.0. The minimum Gasteiger partial charge on any atom is -0.464 e. The summed E-state index contributed by atoms with van der Waals surface area (Å²) in [5.74, 6) is 0.0994. The Labute approximate surface area is 152 Å². The first-order valence-corrected chi connectivity index (χ1v) is 10.1. The summed E-state index contributed by atoms with van der Waals surface area (Å²) in [7, 11) is -2.47. The number of nitrogens with one attached hydrogen (secondary N) is 1. The molecular weight excluding hydrogens is 374 g/mol. The average Bonchev–Trinajstić information content (AvgIpc) is 3.25. The van der Waals surface area contributed by atoms with E-state index in [9.17, 15) is 13.2 Å². The number of aromatic nitrogens is 1. The number of nitrogens with zero attached hydrogens (tertiary/aromatic N) is 2. The van der Waals surface area contributed by atoms with Gasteiger partial charge in [0.25, 0.3) is 10.0 Å². The van der Waals surface area contributed by atoms with Crippen molar-refractivity contribution in [1.29, 1.82) is 0 Å². The van der Waals surface area contributed by atoms with Crippen LogP contribution >= 0.6 is 23.7 Å². The van der Waals surface area contributed by atoms with Gasteiger partial charge in [0.15, 0.2) is 9.90 Å². The summed E-state index contributed by atoms with van der Waals surface area (Å²) < 4.78 is 31.5. The van der Waals surface area contributed by atoms with E-state index in [2.05, 4.69) is 15.0 Å². The van der Waals surface area contributed by atoms with E-state index >= 15 is 0 Å². The standard InChI is InChI=1S/C14H21N3O4S2.ClH/c1-21-13(18)12-14(22-9-16-12)23(19,20)17-6-4-11(5-7-17)15-8-10-2-3-10;/h9-11,15H,2-8H2,1H3;1H. The van der Waals surface area contributed by atoms with Gasteiger partial charge < -0.3 is 10.1 Å². The van der Waals surface area contributed by atoms with Crippen molar-refractivity contribution in [3.05, 3.63) is 11.2 Å². The van der Waals surface area contributed by atoms with Crippen LogP contribution in [0.25, 0.3) is 0 Å². The van der Waals surface area contributed by atoms with Crippen LogP contribution in [0.3, 0.4) is 0 Å². The maximum absolute atomic E-state index is 12.7. The topological polar surface area (TPSA) is 88.6 Å². The van der Waals surface area contributed by atoms with Gasteiger partial charge in [-0.3, -0.25) is 0 Å². The molecule has 0 radical (unpaired) electrons. The Morgan fingerprint density at radius 1 is 1.38 bits per heavy atom. The van der Waals surface area contributed by atoms with Gasteiger partial charge in [-0.05, 0) is 38.1 Å². The molecule has 2 heterocycles. The average molecular weight is 396 g/mol. The highest BCUT2D eigenvalue weighted by Gasteiger charge is 2.34. The molecule has 0 unspecified atom stereocenters. The second-order valence-corrected chi connectivity index (χ2v) is 9.00. The molecule has 1 aromatic heterocycles. The van der Waals surface area contributed by atoms with E-state index in [1.807, 2.05) is 0 Å². The number of ether oxygens (including phenoxy) is 1. The number of carbonyl (C=O) groups excluding carboxylic acids is 1. The number of esters is 1. The van der Waals surface area contributed by atoms with Crippen LogP contribution in [0, 0.1) is 5.92 Å². The summed E-state index contributed by atoms with van der Waals surface area (Å²) in [6, 6.07) is 0.378. The fourth-order valence-electron chi connectivity index (χ4n) is 2.72. The fraction of sp³-hybridized carbons (Fsp3) is 0.714. The van der Waals surface area contributed by atoms with Crippen molar-refractivity contribution in [1.82, 2.24) is 14.6 Å². The van der Waals surface area contributed by atoms with Gasteiger partial charge >= 0.3 is 5.97 Å². The smallest absolute Gasteiger partial charge is 0.358 e. The highest BCUT2D eigenvalue weighted by atomic mass is 35.5. The second-order valence-electron chi connectivity index (χ2n) is 6.01. The predicted octanol–water partition coefficient (Wildman–Crippen LogP) is 1.50. The molecule has 3 rings (SSSR count). The molecular formula is C14H22ClN3O4S2. The zero-order valence-electron chi connectivity index (χ0n) is 13.4. The van der Waals surface area contributed by atoms with Gasteiger partial charge in [0.2, 0.25) is 0 Å². The highest BCUT2D eigenvalue weighted by molar-refractivity contribution is 7.91. The number of piperidine rings is 1. The third kappa shape index (κ3) is 4.26. The van der Waals surface area contributed by atoms with E-state index in [-0.39, 0.29) is 22.3 Å². The highest BCUT2D eigenvalue weighted by Crippen LogP contribution is 2.29. The van der Waals surface area contributed by atoms with E-state index in [1.165, 1.54) is 29.8 Å². The SMILES string of the molecule is COC(=O)c1ncsc1S(=O)(=O)N1CCC(NCC2CC2)CC1.Cl. The number of sulfonamides is 1. The number of hydrogen-bond donors (Lipinski definition) is 1. The largest absolute Gasteiger partial charge is 0.464 e. The molecule has 0 spiro atoms. The lowest BCUT2D eigenvalue weighted by Gasteiger charge is -2.31. The summed E-state index contributed by atoms with van der Waals surface area (Å²) in [5, 5.41) is 3.52. The van der Waals surface area contributed by atoms with Crippen LogP contribution in [-0.4, -0.2) is 56.5 Å². The summed E-state index contributed by atoms with van der Waals surface area (Å²) in [6.07, 6.45) is 4.19. The van der Waals surface area contributed by atoms with E-state index in [1.54, 1.807) is 0 Å². The Bertz CT molecular complexity index is 667. The molecule has 0 aromatic carbocycles. The molecule has 0 atom stereocenters. The van der Waals surface area contributed by atoms with E-state index in [0.29, 0.717) is 19.1 Å². The summed E-state index contributed by atoms with van der Waals surface area (Å²) >= 11 is 0.960. The Morgan fingerprint density at radius 2 is 2.04 bits per heavy atom. The van der Waals surface area contributed by atoms with Crippen molar-refractivity contribution in [3.8, 4) is 0 Å². The maximum Gasteiger partial charge on any atom is 0.358 e. The minimum atomic E-state index is -3.69. The number of halogens is 1. The molecule has 24 heavy (non-hydrogen) atoms. The second kappa shape index (κ2) is 8.09. The van der Waals surface area contributed by atoms with E-state index < -0.39 is 16.0 Å². The third-order valence-electron chi connectivity index (χ3n) is 4.33. The van der Waals surface area contributed by atoms with E-state index in [4.69, 9.17) is 0 Å². The van der Waals surface area contributed by atoms with Crippen LogP contribution in [-0.2, 0) is 14.8 Å². The minimum absolute atomic E-state index is 0. The summed E-state index contributed by atoms with van der Waals surface area (Å²) in [4.78, 5) is 15.5. The normalized spacial score (nSPS) is 19.7. The first-order valence-electron chi connectivity index (χ1n) is 7.77. The zero-order valence-corrected chi connectivity index (χ0v) is 15.9. The molecule has 0 amide bonds. The van der Waals surface area contributed by atoms with E-state index in [0.717, 1.165) is 36.6 Å². The fourth-order valence-corrected chi connectivity index (χ4v) is 5.46. The van der Waals surface area contributed by atoms with Crippen LogP contribution in [0.15, 0.2) is 9.72 Å². The molecule has 10 heteroatoms. The van der Waals surface area contributed by atoms with Crippen molar-refractivity contribution in [2.45, 2.75) is 35.9 Å². The molecule has 1 aromatic rings. The lowest BCUT2D eigenvalue weighted by Crippen LogP contribution is -2.45. The van der Waals surface area contributed by atoms with Crippen molar-refractivity contribution >= 4 is 39.7 Å². The van der Waals surface area contributed by atoms with Crippen molar-refractivity contribution < 1.29 is 17.9 Å². The van der Waals surface area contributed by atoms with Crippen molar-refractivity contribution in [3.63, 3.8) is 0 Å². The van der Waals surface area contributed by atoms with Crippen LogP contribution < -0.4 is 5.32 Å². The van der Waals surface area contributed by atoms with Gasteiger partial charge in [0.05, 0.1) is 12.6 Å². The molecule has 1 aliphatic carbocycles. The van der Waals surface area contributed by atoms with Gasteiger partial charge in [-0.1, -0.05) is 0 Å². The molecule has 2 aliphatic rings. The summed E-state index contributed by atoms with van der Waals surface area (Å²) in [5.41, 5.74) is 1.25. The van der Waals surface area contributed by atoms with Gasteiger partial charge in [0, 0.05) is 19.1 Å². The van der Waals surface area contributed by atoms with Crippen LogP contribution in [0.2, 0.25) is 0 Å². The quantitative estimate of drug-likeness (QED) is 0.734. The molecule has 0 bridgehead atoms. The molecule has 7 nitrogen and oxygen atoms in total. The predicted molar refractivity (Wildman–Crippen MR) is 93.2 cm³/mol. The zero-order chi connectivity index (χ0) is 16.4. The Morgan fingerprint density at radius 3 is 2.62 bits per heavy atom. The monoisotopic (exact) mass is 395 g/mol. The number of hydrogen-bond acceptors (Lipinski definition) is 7. The molecule has 1 aliphatic heterocycles. The van der Waals surface area contributed by atoms with Gasteiger partial charge in [-0.2, -0.15) is 4.31 Å². The lowest BCUT2D eigenvalue weighted by molar-refractivity contribution is 0.0590. The number of carbonyl (C=O) groups is 1. The Kier molecular flexibility index (Phi) is 6.60. The maximum atomic E-state index is 12.7. The molecule has 1 saturated carbocycles. The molecule has 1 saturated heterocycles. The van der Waals surface area contributed by atoms with Crippen LogP contribution in [0.4, 0.5) is 0 Å². The first kappa shape index (κ1) is 19.6. The Hall–Kier alpha value is -0.740. The van der Waals surface area contributed by atoms with Gasteiger partial charge in [-0.15, -0.1) is 23.7 Å². The number of thiazole rings is 1. The van der Waals surface area contributed by atoms with Crippen LogP contribution in [0.1, 0.15) is 36.2 Å². The Balaban J connectivity index is 0.00000208. The van der Waals surface area contributed by atoms with Gasteiger partial charge in [0.1, 0.15) is 0 Å². The van der Waals surface area contributed by atoms with Crippen molar-refractivity contribution in [2.24, 2.45) is 5.92 Å². The molecule has 1 N–H and O–H groups in total. The molecule has 136 valence electrons. The lowest BCUT2D eigenvalue weighted by atomic mass is 10.1. The number of methoxy groups -OCH3 is 1. The van der Waals surface area contributed by atoms with Gasteiger partial charge in [-0.25, -0.2) is 18.2 Å². The summed E-state index contributed by atoms with van der Waals surface area (Å²) in [6.45, 7) is 1.96. The number of rotatable bonds is 6. The molecule has 2 fully saturated rings. The van der Waals surface area contributed by atoms with Crippen molar-refractivity contribution in [2.75, 3.05) is 26.7 Å². The third-order valence-corrected chi connectivity index (χ3v) is 7.58.